The van der Waals surface area contributed by atoms with E-state index in [4.69, 9.17) is 23.2 Å². The van der Waals surface area contributed by atoms with Gasteiger partial charge in [-0.05, 0) is 51.6 Å². The molecule has 0 unspecified atom stereocenters. The van der Waals surface area contributed by atoms with Crippen molar-refractivity contribution in [2.75, 3.05) is 0 Å². The Morgan fingerprint density at radius 2 is 1.04 bits per heavy atom. The molecule has 0 radical (unpaired) electrons. The van der Waals surface area contributed by atoms with Crippen LogP contribution in [0.3, 0.4) is 0 Å². The number of rotatable bonds is 5. The third-order valence-electron chi connectivity index (χ3n) is 2.79. The fourth-order valence-corrected chi connectivity index (χ4v) is 6.78. The number of nitrogens with zero attached hydrogens (tertiary/aromatic N) is 1. The summed E-state index contributed by atoms with van der Waals surface area (Å²) in [5, 5.41) is 0.249. The molecule has 2 aromatic carbocycles. The summed E-state index contributed by atoms with van der Waals surface area (Å²) in [5.74, 6) is 0. The zero-order valence-electron chi connectivity index (χ0n) is 12.3. The molecule has 0 aromatic heterocycles. The molecule has 0 saturated heterocycles. The van der Waals surface area contributed by atoms with Crippen LogP contribution in [0, 0.1) is 0 Å². The maximum absolute atomic E-state index is 12.9. The van der Waals surface area contributed by atoms with Gasteiger partial charge in [-0.3, -0.25) is 0 Å². The van der Waals surface area contributed by atoms with Crippen LogP contribution in [-0.2, 0) is 20.0 Å². The van der Waals surface area contributed by atoms with Crippen molar-refractivity contribution >= 4 is 55.2 Å². The van der Waals surface area contributed by atoms with Gasteiger partial charge in [0, 0.05) is 10.0 Å². The fraction of sp³-hybridized carbons (Fsp3) is 0.0769. The summed E-state index contributed by atoms with van der Waals surface area (Å²) in [5.41, 5.74) is -5.18. The van der Waals surface area contributed by atoms with Crippen LogP contribution in [0.1, 0.15) is 0 Å². The van der Waals surface area contributed by atoms with Gasteiger partial charge in [0.25, 0.3) is 20.0 Å². The van der Waals surface area contributed by atoms with Crippen LogP contribution in [0.2, 0.25) is 10.0 Å². The Morgan fingerprint density at radius 3 is 1.31 bits per heavy atom. The summed E-state index contributed by atoms with van der Waals surface area (Å²) in [7, 11) is -10.1. The maximum atomic E-state index is 12.9. The average Bonchev–Trinajstić information content (AvgIpc) is 2.52. The van der Waals surface area contributed by atoms with Crippen molar-refractivity contribution in [3.8, 4) is 0 Å². The van der Waals surface area contributed by atoms with E-state index in [0.29, 0.717) is 0 Å². The van der Waals surface area contributed by atoms with E-state index in [1.54, 1.807) is 0 Å². The number of benzene rings is 2. The third-order valence-corrected chi connectivity index (χ3v) is 8.98. The molecule has 26 heavy (non-hydrogen) atoms. The van der Waals surface area contributed by atoms with Crippen molar-refractivity contribution < 1.29 is 30.0 Å². The lowest BCUT2D eigenvalue weighted by molar-refractivity contribution is -0.0342. The van der Waals surface area contributed by atoms with Gasteiger partial charge in [-0.25, -0.2) is 16.8 Å². The van der Waals surface area contributed by atoms with E-state index in [0.717, 1.165) is 48.5 Å². The quantitative estimate of drug-likeness (QED) is 0.606. The highest BCUT2D eigenvalue weighted by atomic mass is 35.5. The summed E-state index contributed by atoms with van der Waals surface area (Å²) in [6.07, 6.45) is 0. The first-order valence-corrected chi connectivity index (χ1v) is 10.8. The van der Waals surface area contributed by atoms with Crippen molar-refractivity contribution in [3.05, 3.63) is 58.6 Å². The Kier molecular flexibility index (Phi) is 6.20. The molecule has 0 fully saturated rings. The predicted molar refractivity (Wildman–Crippen MR) is 92.8 cm³/mol. The molecule has 13 heteroatoms. The minimum absolute atomic E-state index is 0.125. The molecule has 2 rings (SSSR count). The lowest BCUT2D eigenvalue weighted by Gasteiger charge is -2.21. The average molecular weight is 466 g/mol. The summed E-state index contributed by atoms with van der Waals surface area (Å²) < 4.78 is 88.2. The minimum atomic E-state index is -5.18. The lowest BCUT2D eigenvalue weighted by Crippen LogP contribution is -2.34. The first-order valence-electron chi connectivity index (χ1n) is 6.41. The van der Waals surface area contributed by atoms with Gasteiger partial charge in [-0.2, -0.15) is 13.2 Å². The van der Waals surface area contributed by atoms with Crippen molar-refractivity contribution in [2.45, 2.75) is 15.3 Å². The van der Waals surface area contributed by atoms with Crippen molar-refractivity contribution in [2.24, 2.45) is 0 Å². The van der Waals surface area contributed by atoms with E-state index < -0.39 is 50.4 Å². The largest absolute Gasteiger partial charge is 0.458 e. The summed E-state index contributed by atoms with van der Waals surface area (Å²) in [4.78, 5) is -1.34. The second-order valence-electron chi connectivity index (χ2n) is 4.62. The van der Waals surface area contributed by atoms with E-state index in [9.17, 15) is 30.0 Å². The number of hydrogen-bond acceptors (Lipinski definition) is 5. The van der Waals surface area contributed by atoms with E-state index in [2.05, 4.69) is 0 Å². The monoisotopic (exact) mass is 465 g/mol. The molecule has 0 aliphatic rings. The first kappa shape index (κ1) is 21.3. The molecular weight excluding hydrogens is 458 g/mol. The van der Waals surface area contributed by atoms with Gasteiger partial charge in [-0.15, -0.1) is 0 Å². The number of alkyl halides is 3. The Balaban J connectivity index is 2.63. The number of hydrogen-bond donors (Lipinski definition) is 0. The van der Waals surface area contributed by atoms with Crippen LogP contribution >= 0.6 is 35.1 Å². The predicted octanol–water partition coefficient (Wildman–Crippen LogP) is 4.54. The lowest BCUT2D eigenvalue weighted by atomic mass is 10.4. The maximum Gasteiger partial charge on any atom is 0.458 e. The standard InChI is InChI=1S/C13H8Cl2F3NO4S3/c14-9-1-5-11(6-2-9)25(20,21)19(24-13(16,17)18)26(22,23)12-7-3-10(15)4-8-12/h1-8H. The Morgan fingerprint density at radius 1 is 0.731 bits per heavy atom. The minimum Gasteiger partial charge on any atom is -0.205 e. The summed E-state index contributed by atoms with van der Waals surface area (Å²) >= 11 is 9.95. The topological polar surface area (TPSA) is 71.5 Å². The third kappa shape index (κ3) is 4.84. The highest BCUT2D eigenvalue weighted by molar-refractivity contribution is 8.20. The molecule has 142 valence electrons. The molecular formula is C13H8Cl2F3NO4S3. The van der Waals surface area contributed by atoms with Crippen LogP contribution in [0.4, 0.5) is 13.2 Å². The summed E-state index contributed by atoms with van der Waals surface area (Å²) in [6.45, 7) is 0. The second kappa shape index (κ2) is 7.56. The molecule has 0 amide bonds. The van der Waals surface area contributed by atoms with Crippen molar-refractivity contribution in [1.29, 1.82) is 0 Å². The van der Waals surface area contributed by atoms with Crippen LogP contribution < -0.4 is 0 Å². The molecule has 0 aliphatic carbocycles. The Hall–Kier alpha value is -0.980. The highest BCUT2D eigenvalue weighted by Crippen LogP contribution is 2.41. The van der Waals surface area contributed by atoms with Gasteiger partial charge in [0.1, 0.15) is 0 Å². The van der Waals surface area contributed by atoms with E-state index in [1.165, 1.54) is 0 Å². The number of sulfonamides is 2. The molecule has 0 aliphatic heterocycles. The van der Waals surface area contributed by atoms with Gasteiger partial charge < -0.3 is 0 Å². The second-order valence-corrected chi connectivity index (χ2v) is 10.8. The normalized spacial score (nSPS) is 13.2. The smallest absolute Gasteiger partial charge is 0.205 e. The molecule has 0 heterocycles. The fourth-order valence-electron chi connectivity index (χ4n) is 1.70. The van der Waals surface area contributed by atoms with Crippen molar-refractivity contribution in [3.63, 3.8) is 0 Å². The highest BCUT2D eigenvalue weighted by Gasteiger charge is 2.46. The SMILES string of the molecule is O=S(=O)(c1ccc(Cl)cc1)N(SC(F)(F)F)S(=O)(=O)c1ccc(Cl)cc1. The van der Waals surface area contributed by atoms with Crippen LogP contribution in [0.25, 0.3) is 0 Å². The molecule has 0 atom stereocenters. The van der Waals surface area contributed by atoms with E-state index in [-0.39, 0.29) is 10.0 Å². The van der Waals surface area contributed by atoms with Crippen LogP contribution in [0.5, 0.6) is 0 Å². The van der Waals surface area contributed by atoms with Gasteiger partial charge in [0.05, 0.1) is 21.7 Å². The molecule has 0 spiro atoms. The zero-order chi connectivity index (χ0) is 19.8. The molecule has 5 nitrogen and oxygen atoms in total. The molecule has 0 N–H and O–H groups in total. The van der Waals surface area contributed by atoms with Gasteiger partial charge in [0.15, 0.2) is 0 Å². The van der Waals surface area contributed by atoms with Crippen LogP contribution in [0.15, 0.2) is 58.3 Å². The van der Waals surface area contributed by atoms with E-state index in [1.807, 2.05) is 0 Å². The van der Waals surface area contributed by atoms with Crippen molar-refractivity contribution in [1.82, 2.24) is 3.12 Å². The van der Waals surface area contributed by atoms with Gasteiger partial charge in [-0.1, -0.05) is 23.2 Å². The van der Waals surface area contributed by atoms with Gasteiger partial charge in [0.2, 0.25) is 0 Å². The zero-order valence-corrected chi connectivity index (χ0v) is 16.3. The molecule has 0 saturated carbocycles. The van der Waals surface area contributed by atoms with E-state index >= 15 is 0 Å². The molecule has 0 bridgehead atoms. The summed E-state index contributed by atoms with van der Waals surface area (Å²) in [6, 6.07) is 8.05. The Labute approximate surface area is 161 Å². The molecule has 2 aromatic rings. The number of halogens is 5. The Bertz CT molecular complexity index is 917. The first-order chi connectivity index (χ1) is 11.8. The van der Waals surface area contributed by atoms with Gasteiger partial charge >= 0.3 is 5.51 Å². The van der Waals surface area contributed by atoms with Crippen LogP contribution in [-0.4, -0.2) is 25.5 Å².